The van der Waals surface area contributed by atoms with Crippen molar-refractivity contribution in [3.63, 3.8) is 0 Å². The molecule has 35 heavy (non-hydrogen) atoms. The summed E-state index contributed by atoms with van der Waals surface area (Å²) in [6.45, 7) is 8.99. The first-order valence-electron chi connectivity index (χ1n) is 13.7. The molecule has 0 aromatic heterocycles. The Balaban J connectivity index is 1.24. The smallest absolute Gasteiger partial charge is 0.358 e. The molecule has 9 atom stereocenters. The van der Waals surface area contributed by atoms with Gasteiger partial charge in [0.2, 0.25) is 0 Å². The monoisotopic (exact) mass is 496 g/mol. The highest BCUT2D eigenvalue weighted by Crippen LogP contribution is 2.66. The number of fused-ring (bicyclic) bond motifs is 8. The molecular formula is C30H40O4S. The van der Waals surface area contributed by atoms with Crippen molar-refractivity contribution in [2.75, 3.05) is 0 Å². The van der Waals surface area contributed by atoms with E-state index in [0.29, 0.717) is 17.8 Å². The maximum absolute atomic E-state index is 6.76. The van der Waals surface area contributed by atoms with Crippen molar-refractivity contribution in [3.8, 4) is 5.75 Å². The van der Waals surface area contributed by atoms with Gasteiger partial charge in [-0.15, -0.1) is 0 Å². The van der Waals surface area contributed by atoms with Gasteiger partial charge >= 0.3 is 5.24 Å². The summed E-state index contributed by atoms with van der Waals surface area (Å²) in [5.41, 5.74) is 1.94. The third kappa shape index (κ3) is 4.06. The normalized spacial score (nSPS) is 44.6. The first-order chi connectivity index (χ1) is 16.8. The van der Waals surface area contributed by atoms with E-state index in [1.165, 1.54) is 25.7 Å². The molecule has 0 radical (unpaired) electrons. The Hall–Kier alpha value is -1.43. The van der Waals surface area contributed by atoms with Gasteiger partial charge in [-0.1, -0.05) is 36.8 Å². The lowest BCUT2D eigenvalue weighted by Crippen LogP contribution is -2.62. The number of rotatable bonds is 2. The molecule has 190 valence electrons. The predicted octanol–water partition coefficient (Wildman–Crippen LogP) is 7.07. The Labute approximate surface area is 215 Å². The van der Waals surface area contributed by atoms with Crippen LogP contribution >= 0.6 is 12.2 Å². The van der Waals surface area contributed by atoms with E-state index in [1.54, 1.807) is 5.57 Å². The standard InChI is InChI=1S/C30H40O4S/c1-5-18-11-12-22-21(18)13-14-23-25(22)27-26(33-29(2,3)34-27)24-17-20(15-16-30(23,24)4)32-28(35)31-19-9-7-6-8-10-19/h5-10,20-27H,11-17H2,1-4H3/t20-,21?,22?,23?,24?,25?,26+,27+,30+/m0/s1. The van der Waals surface area contributed by atoms with Gasteiger partial charge in [-0.25, -0.2) is 0 Å². The largest absolute Gasteiger partial charge is 0.453 e. The van der Waals surface area contributed by atoms with Crippen molar-refractivity contribution < 1.29 is 18.9 Å². The van der Waals surface area contributed by atoms with E-state index in [9.17, 15) is 0 Å². The van der Waals surface area contributed by atoms with Gasteiger partial charge in [0.05, 0.1) is 12.2 Å². The SMILES string of the molecule is CC=C1CCC2C1CCC1C2[C@H]2OC(C)(C)O[C@@H]2C2C[C@@H](OC(=S)Oc3ccccc3)CC[C@]12C. The van der Waals surface area contributed by atoms with Crippen LogP contribution < -0.4 is 4.74 Å². The Morgan fingerprint density at radius 3 is 2.54 bits per heavy atom. The molecule has 1 aliphatic heterocycles. The number of hydrogen-bond donors (Lipinski definition) is 0. The second kappa shape index (κ2) is 8.85. The molecule has 4 saturated carbocycles. The Morgan fingerprint density at radius 2 is 1.77 bits per heavy atom. The van der Waals surface area contributed by atoms with Crippen LogP contribution in [0.25, 0.3) is 0 Å². The molecule has 5 fully saturated rings. The lowest BCUT2D eigenvalue weighted by atomic mass is 9.45. The molecule has 1 heterocycles. The summed E-state index contributed by atoms with van der Waals surface area (Å²) in [6.07, 6.45) is 11.1. The summed E-state index contributed by atoms with van der Waals surface area (Å²) in [4.78, 5) is 0. The van der Waals surface area contributed by atoms with E-state index in [2.05, 4.69) is 33.8 Å². The maximum Gasteiger partial charge on any atom is 0.358 e. The van der Waals surface area contributed by atoms with Gasteiger partial charge in [0.1, 0.15) is 11.9 Å². The molecule has 4 aliphatic carbocycles. The zero-order chi connectivity index (χ0) is 24.4. The number of hydrogen-bond acceptors (Lipinski definition) is 5. The highest BCUT2D eigenvalue weighted by atomic mass is 32.1. The van der Waals surface area contributed by atoms with E-state index in [0.717, 1.165) is 36.8 Å². The minimum absolute atomic E-state index is 0.0613. The van der Waals surface area contributed by atoms with Gasteiger partial charge in [0, 0.05) is 12.2 Å². The highest BCUT2D eigenvalue weighted by Gasteiger charge is 2.66. The minimum atomic E-state index is -0.528. The number of allylic oxidation sites excluding steroid dienone is 2. The van der Waals surface area contributed by atoms with Crippen LogP contribution in [0.2, 0.25) is 0 Å². The van der Waals surface area contributed by atoms with Crippen molar-refractivity contribution in [2.24, 2.45) is 35.0 Å². The van der Waals surface area contributed by atoms with Crippen molar-refractivity contribution in [2.45, 2.75) is 96.7 Å². The van der Waals surface area contributed by atoms with E-state index in [-0.39, 0.29) is 29.0 Å². The van der Waals surface area contributed by atoms with E-state index in [4.69, 9.17) is 31.2 Å². The summed E-state index contributed by atoms with van der Waals surface area (Å²) in [6, 6.07) is 9.67. The van der Waals surface area contributed by atoms with Gasteiger partial charge in [-0.05, 0) is 113 Å². The fraction of sp³-hybridized carbons (Fsp3) is 0.700. The summed E-state index contributed by atoms with van der Waals surface area (Å²) in [7, 11) is 0. The van der Waals surface area contributed by atoms with Crippen LogP contribution in [0.3, 0.4) is 0 Å². The molecular weight excluding hydrogens is 456 g/mol. The zero-order valence-electron chi connectivity index (χ0n) is 21.6. The van der Waals surface area contributed by atoms with Crippen LogP contribution in [0.4, 0.5) is 0 Å². The third-order valence-electron chi connectivity index (χ3n) is 10.2. The predicted molar refractivity (Wildman–Crippen MR) is 140 cm³/mol. The van der Waals surface area contributed by atoms with Crippen LogP contribution in [0, 0.1) is 35.0 Å². The van der Waals surface area contributed by atoms with E-state index in [1.807, 2.05) is 30.3 Å². The number of benzene rings is 1. The van der Waals surface area contributed by atoms with Crippen molar-refractivity contribution in [1.82, 2.24) is 0 Å². The molecule has 6 rings (SSSR count). The van der Waals surface area contributed by atoms with Gasteiger partial charge in [-0.3, -0.25) is 0 Å². The second-order valence-electron chi connectivity index (χ2n) is 12.3. The average molecular weight is 497 g/mol. The number of ether oxygens (including phenoxy) is 4. The lowest BCUT2D eigenvalue weighted by Gasteiger charge is -2.61. The molecule has 1 aromatic rings. The van der Waals surface area contributed by atoms with Crippen LogP contribution in [-0.4, -0.2) is 29.3 Å². The minimum Gasteiger partial charge on any atom is -0.453 e. The third-order valence-corrected chi connectivity index (χ3v) is 10.4. The highest BCUT2D eigenvalue weighted by molar-refractivity contribution is 7.79. The molecule has 1 saturated heterocycles. The molecule has 4 nitrogen and oxygen atoms in total. The summed E-state index contributed by atoms with van der Waals surface area (Å²) in [5.74, 6) is 3.39. The van der Waals surface area contributed by atoms with Crippen LogP contribution in [0.1, 0.15) is 72.6 Å². The van der Waals surface area contributed by atoms with Gasteiger partial charge in [-0.2, -0.15) is 0 Å². The zero-order valence-corrected chi connectivity index (χ0v) is 22.4. The van der Waals surface area contributed by atoms with Gasteiger partial charge in [0.25, 0.3) is 0 Å². The average Bonchev–Trinajstić information content (AvgIpc) is 3.40. The molecule has 5 aliphatic rings. The van der Waals surface area contributed by atoms with Crippen LogP contribution in [-0.2, 0) is 14.2 Å². The molecule has 1 aromatic carbocycles. The number of para-hydroxylation sites is 1. The topological polar surface area (TPSA) is 36.9 Å². The van der Waals surface area contributed by atoms with Gasteiger partial charge < -0.3 is 18.9 Å². The Bertz CT molecular complexity index is 989. The summed E-state index contributed by atoms with van der Waals surface area (Å²) in [5, 5.41) is 0.226. The van der Waals surface area contributed by atoms with Crippen LogP contribution in [0.5, 0.6) is 5.75 Å². The fourth-order valence-corrected chi connectivity index (χ4v) is 9.11. The quantitative estimate of drug-likeness (QED) is 0.323. The first kappa shape index (κ1) is 23.9. The Morgan fingerprint density at radius 1 is 1.00 bits per heavy atom. The summed E-state index contributed by atoms with van der Waals surface area (Å²) >= 11 is 5.48. The maximum atomic E-state index is 6.76. The van der Waals surface area contributed by atoms with E-state index < -0.39 is 5.79 Å². The summed E-state index contributed by atoms with van der Waals surface area (Å²) < 4.78 is 25.5. The molecule has 5 heteroatoms. The van der Waals surface area contributed by atoms with Crippen molar-refractivity contribution >= 4 is 17.5 Å². The molecule has 0 spiro atoms. The second-order valence-corrected chi connectivity index (χ2v) is 12.6. The molecule has 5 unspecified atom stereocenters. The lowest BCUT2D eigenvalue weighted by molar-refractivity contribution is -0.173. The van der Waals surface area contributed by atoms with Gasteiger partial charge in [0.15, 0.2) is 5.79 Å². The molecule has 0 amide bonds. The Kier molecular flexibility index (Phi) is 6.05. The first-order valence-corrected chi connectivity index (χ1v) is 14.1. The molecule has 0 bridgehead atoms. The van der Waals surface area contributed by atoms with Crippen molar-refractivity contribution in [1.29, 1.82) is 0 Å². The molecule has 0 N–H and O–H groups in total. The number of thiocarbonyl (C=S) groups is 1. The van der Waals surface area contributed by atoms with Crippen molar-refractivity contribution in [3.05, 3.63) is 42.0 Å². The van der Waals surface area contributed by atoms with E-state index >= 15 is 0 Å². The fourth-order valence-electron chi connectivity index (χ4n) is 8.88. The van der Waals surface area contributed by atoms with Crippen LogP contribution in [0.15, 0.2) is 42.0 Å².